The minimum Gasteiger partial charge on any atom is -0.393 e. The first-order chi connectivity index (χ1) is 6.29. The normalized spacial score (nSPS) is 54.7. The fraction of sp³-hybridized carbons (Fsp3) is 1.00. The molecule has 0 saturated heterocycles. The molecule has 0 unspecified atom stereocenters. The molecule has 3 aliphatic rings. The summed E-state index contributed by atoms with van der Waals surface area (Å²) < 4.78 is 0. The molecule has 3 fully saturated rings. The van der Waals surface area contributed by atoms with Crippen LogP contribution in [0, 0.1) is 10.8 Å². The van der Waals surface area contributed by atoms with Gasteiger partial charge in [0.1, 0.15) is 0 Å². The van der Waals surface area contributed by atoms with Crippen molar-refractivity contribution < 1.29 is 5.11 Å². The third-order valence-corrected chi connectivity index (χ3v) is 5.40. The van der Waals surface area contributed by atoms with Gasteiger partial charge in [0.05, 0.1) is 6.10 Å². The summed E-state index contributed by atoms with van der Waals surface area (Å²) in [5.74, 6) is 0. The van der Waals surface area contributed by atoms with E-state index < -0.39 is 0 Å². The number of aliphatic hydroxyl groups excluding tert-OH is 1. The summed E-state index contributed by atoms with van der Waals surface area (Å²) in [4.78, 5) is 0. The van der Waals surface area contributed by atoms with Crippen LogP contribution in [0.4, 0.5) is 0 Å². The van der Waals surface area contributed by atoms with Crippen molar-refractivity contribution in [1.29, 1.82) is 0 Å². The van der Waals surface area contributed by atoms with E-state index in [2.05, 4.69) is 0 Å². The molecule has 3 atom stereocenters. The van der Waals surface area contributed by atoms with Crippen LogP contribution in [0.2, 0.25) is 0 Å². The number of rotatable bonds is 0. The van der Waals surface area contributed by atoms with Gasteiger partial charge in [-0.15, -0.1) is 0 Å². The Hall–Kier alpha value is -0.0400. The topological polar surface area (TPSA) is 20.2 Å². The molecule has 0 bridgehead atoms. The van der Waals surface area contributed by atoms with E-state index in [1.54, 1.807) is 0 Å². The van der Waals surface area contributed by atoms with Crippen LogP contribution in [-0.4, -0.2) is 11.2 Å². The number of hydrogen-bond donors (Lipinski definition) is 1. The monoisotopic (exact) mass is 180 g/mol. The van der Waals surface area contributed by atoms with Crippen molar-refractivity contribution in [3.05, 3.63) is 0 Å². The van der Waals surface area contributed by atoms with Crippen LogP contribution >= 0.6 is 0 Å². The van der Waals surface area contributed by atoms with Gasteiger partial charge < -0.3 is 5.11 Å². The highest BCUT2D eigenvalue weighted by molar-refractivity contribution is 5.14. The Bertz CT molecular complexity index is 225. The molecule has 0 spiro atoms. The van der Waals surface area contributed by atoms with Crippen LogP contribution < -0.4 is 0 Å². The van der Waals surface area contributed by atoms with Crippen LogP contribution in [-0.2, 0) is 0 Å². The molecule has 74 valence electrons. The Morgan fingerprint density at radius 3 is 2.46 bits per heavy atom. The molecular weight excluding hydrogens is 160 g/mol. The predicted octanol–water partition coefficient (Wildman–Crippen LogP) is 2.87. The van der Waals surface area contributed by atoms with E-state index in [4.69, 9.17) is 0 Å². The molecule has 0 aromatic rings. The predicted molar refractivity (Wildman–Crippen MR) is 52.4 cm³/mol. The van der Waals surface area contributed by atoms with E-state index in [0.29, 0.717) is 10.8 Å². The molecule has 0 heterocycles. The van der Waals surface area contributed by atoms with E-state index in [1.807, 2.05) is 0 Å². The van der Waals surface area contributed by atoms with Crippen molar-refractivity contribution in [3.63, 3.8) is 0 Å². The highest BCUT2D eigenvalue weighted by Crippen LogP contribution is 2.71. The maximum Gasteiger partial charge on any atom is 0.0601 e. The van der Waals surface area contributed by atoms with Gasteiger partial charge in [0.2, 0.25) is 0 Å². The minimum absolute atomic E-state index is 0.0475. The highest BCUT2D eigenvalue weighted by atomic mass is 16.3. The molecule has 3 aliphatic carbocycles. The fourth-order valence-electron chi connectivity index (χ4n) is 4.57. The standard InChI is InChI=1S/C12H20O/c13-10-4-1-2-5-11-6-3-7-12(10,11)9-8-11/h10,13H,1-9H2/t10-,11-,12-/m1/s1. The molecule has 1 heteroatoms. The smallest absolute Gasteiger partial charge is 0.0601 e. The Morgan fingerprint density at radius 2 is 1.69 bits per heavy atom. The second-order valence-electron chi connectivity index (χ2n) is 5.55. The lowest BCUT2D eigenvalue weighted by atomic mass is 9.48. The van der Waals surface area contributed by atoms with Crippen molar-refractivity contribution in [2.24, 2.45) is 10.8 Å². The van der Waals surface area contributed by atoms with Gasteiger partial charge >= 0.3 is 0 Å². The van der Waals surface area contributed by atoms with Gasteiger partial charge in [0, 0.05) is 5.41 Å². The molecule has 13 heavy (non-hydrogen) atoms. The second kappa shape index (κ2) is 2.50. The zero-order valence-corrected chi connectivity index (χ0v) is 8.39. The van der Waals surface area contributed by atoms with Crippen molar-refractivity contribution in [1.82, 2.24) is 0 Å². The summed E-state index contributed by atoms with van der Waals surface area (Å²) in [5, 5.41) is 10.2. The minimum atomic E-state index is 0.0475. The molecule has 0 aliphatic heterocycles. The van der Waals surface area contributed by atoms with Crippen molar-refractivity contribution in [2.75, 3.05) is 0 Å². The summed E-state index contributed by atoms with van der Waals surface area (Å²) in [6.45, 7) is 0. The van der Waals surface area contributed by atoms with Gasteiger partial charge in [-0.1, -0.05) is 19.3 Å². The first kappa shape index (κ1) is 8.28. The van der Waals surface area contributed by atoms with Crippen LogP contribution in [0.3, 0.4) is 0 Å². The van der Waals surface area contributed by atoms with Gasteiger partial charge in [0.15, 0.2) is 0 Å². The van der Waals surface area contributed by atoms with Gasteiger partial charge in [-0.25, -0.2) is 0 Å². The van der Waals surface area contributed by atoms with Crippen molar-refractivity contribution in [2.45, 2.75) is 63.9 Å². The Balaban J connectivity index is 1.97. The molecule has 0 aromatic heterocycles. The zero-order chi connectivity index (χ0) is 8.94. The summed E-state index contributed by atoms with van der Waals surface area (Å²) in [6.07, 6.45) is 12.1. The van der Waals surface area contributed by atoms with E-state index in [0.717, 1.165) is 6.42 Å². The lowest BCUT2D eigenvalue weighted by Crippen LogP contribution is -2.53. The first-order valence-electron chi connectivity index (χ1n) is 5.97. The Morgan fingerprint density at radius 1 is 0.846 bits per heavy atom. The van der Waals surface area contributed by atoms with Crippen LogP contribution in [0.25, 0.3) is 0 Å². The van der Waals surface area contributed by atoms with Gasteiger partial charge in [0.25, 0.3) is 0 Å². The summed E-state index contributed by atoms with van der Waals surface area (Å²) in [6, 6.07) is 0. The summed E-state index contributed by atoms with van der Waals surface area (Å²) in [7, 11) is 0. The zero-order valence-electron chi connectivity index (χ0n) is 8.39. The largest absolute Gasteiger partial charge is 0.393 e. The second-order valence-corrected chi connectivity index (χ2v) is 5.55. The lowest BCUT2D eigenvalue weighted by Gasteiger charge is -2.57. The first-order valence-corrected chi connectivity index (χ1v) is 5.97. The van der Waals surface area contributed by atoms with Gasteiger partial charge in [-0.05, 0) is 43.9 Å². The van der Waals surface area contributed by atoms with Crippen molar-refractivity contribution >= 4 is 0 Å². The number of aliphatic hydroxyl groups is 1. The third-order valence-electron chi connectivity index (χ3n) is 5.40. The average molecular weight is 180 g/mol. The van der Waals surface area contributed by atoms with Gasteiger partial charge in [-0.2, -0.15) is 0 Å². The molecule has 0 radical (unpaired) electrons. The molecule has 1 nitrogen and oxygen atoms in total. The van der Waals surface area contributed by atoms with Gasteiger partial charge in [-0.3, -0.25) is 0 Å². The SMILES string of the molecule is O[C@@H]1CCCC[C@]23CCC[C@@]12CC3. The van der Waals surface area contributed by atoms with Crippen molar-refractivity contribution in [3.8, 4) is 0 Å². The molecule has 3 saturated carbocycles. The van der Waals surface area contributed by atoms with E-state index in [9.17, 15) is 5.11 Å². The summed E-state index contributed by atoms with van der Waals surface area (Å²) >= 11 is 0. The Kier molecular flexibility index (Phi) is 1.59. The van der Waals surface area contributed by atoms with Crippen LogP contribution in [0.5, 0.6) is 0 Å². The molecule has 1 N–H and O–H groups in total. The number of hydrogen-bond acceptors (Lipinski definition) is 1. The maximum absolute atomic E-state index is 10.2. The quantitative estimate of drug-likeness (QED) is 0.607. The van der Waals surface area contributed by atoms with E-state index in [1.165, 1.54) is 51.4 Å². The van der Waals surface area contributed by atoms with Crippen LogP contribution in [0.15, 0.2) is 0 Å². The average Bonchev–Trinajstić information content (AvgIpc) is 2.32. The molecule has 0 aromatic carbocycles. The maximum atomic E-state index is 10.2. The molecule has 0 amide bonds. The van der Waals surface area contributed by atoms with E-state index in [-0.39, 0.29) is 6.10 Å². The summed E-state index contributed by atoms with van der Waals surface area (Å²) in [5.41, 5.74) is 1.02. The highest BCUT2D eigenvalue weighted by Gasteiger charge is 2.64. The van der Waals surface area contributed by atoms with E-state index >= 15 is 0 Å². The fourth-order valence-corrected chi connectivity index (χ4v) is 4.57. The molecule has 3 rings (SSSR count). The Labute approximate surface area is 80.5 Å². The molecular formula is C12H20O. The third kappa shape index (κ3) is 0.823. The van der Waals surface area contributed by atoms with Crippen LogP contribution in [0.1, 0.15) is 57.8 Å². The lowest BCUT2D eigenvalue weighted by molar-refractivity contribution is -0.134.